The number of hydrogen-bond donors (Lipinski definition) is 2. The fourth-order valence-electron chi connectivity index (χ4n) is 6.67. The highest BCUT2D eigenvalue weighted by Gasteiger charge is 2.60. The van der Waals surface area contributed by atoms with Gasteiger partial charge in [0.2, 0.25) is 0 Å². The molecular weight excluding hydrogens is 276 g/mol. The van der Waals surface area contributed by atoms with Gasteiger partial charge in [0, 0.05) is 11.8 Å². The number of aliphatic hydroxyl groups is 2. The van der Waals surface area contributed by atoms with E-state index in [9.17, 15) is 15.0 Å². The number of carbonyl (C=O) groups is 1. The Kier molecular flexibility index (Phi) is 3.50. The van der Waals surface area contributed by atoms with Gasteiger partial charge in [0.05, 0.1) is 12.2 Å². The second kappa shape index (κ2) is 5.17. The van der Waals surface area contributed by atoms with Crippen molar-refractivity contribution in [1.29, 1.82) is 0 Å². The molecule has 0 bridgehead atoms. The van der Waals surface area contributed by atoms with Gasteiger partial charge in [-0.1, -0.05) is 12.5 Å². The summed E-state index contributed by atoms with van der Waals surface area (Å²) in [7, 11) is 0. The monoisotopic (exact) mass is 304 g/mol. The molecule has 4 aliphatic rings. The molecule has 4 aliphatic carbocycles. The van der Waals surface area contributed by atoms with E-state index < -0.39 is 0 Å². The van der Waals surface area contributed by atoms with E-state index in [1.807, 2.05) is 6.08 Å². The zero-order valence-electron chi connectivity index (χ0n) is 13.5. The fourth-order valence-corrected chi connectivity index (χ4v) is 6.67. The van der Waals surface area contributed by atoms with Crippen LogP contribution in [0.4, 0.5) is 0 Å². The average Bonchev–Trinajstić information content (AvgIpc) is 2.84. The Balaban J connectivity index is 1.69. The topological polar surface area (TPSA) is 57.5 Å². The first-order valence-electron chi connectivity index (χ1n) is 9.16. The maximum absolute atomic E-state index is 11.7. The third-order valence-corrected chi connectivity index (χ3v) is 7.61. The van der Waals surface area contributed by atoms with Crippen LogP contribution in [0.15, 0.2) is 11.6 Å². The Bertz CT molecular complexity index is 511. The summed E-state index contributed by atoms with van der Waals surface area (Å²) in [6.45, 7) is 2.18. The third kappa shape index (κ3) is 1.91. The molecule has 3 saturated carbocycles. The predicted octanol–water partition coefficient (Wildman–Crippen LogP) is 2.85. The molecule has 0 spiro atoms. The fraction of sp³-hybridized carbons (Fsp3) is 0.842. The normalized spacial score (nSPS) is 50.9. The highest BCUT2D eigenvalue weighted by Crippen LogP contribution is 2.63. The Morgan fingerprint density at radius 2 is 2.00 bits per heavy atom. The highest BCUT2D eigenvalue weighted by atomic mass is 16.3. The van der Waals surface area contributed by atoms with Gasteiger partial charge >= 0.3 is 0 Å². The van der Waals surface area contributed by atoms with Gasteiger partial charge in [-0.05, 0) is 74.7 Å². The molecule has 2 N–H and O–H groups in total. The lowest BCUT2D eigenvalue weighted by Gasteiger charge is -2.56. The third-order valence-electron chi connectivity index (χ3n) is 7.61. The first-order chi connectivity index (χ1) is 10.6. The van der Waals surface area contributed by atoms with E-state index >= 15 is 0 Å². The smallest absolute Gasteiger partial charge is 0.155 e. The second-order valence-electron chi connectivity index (χ2n) is 8.17. The van der Waals surface area contributed by atoms with Gasteiger partial charge in [0.1, 0.15) is 0 Å². The van der Waals surface area contributed by atoms with E-state index in [1.165, 1.54) is 5.57 Å². The molecule has 3 nitrogen and oxygen atoms in total. The largest absolute Gasteiger partial charge is 0.393 e. The van der Waals surface area contributed by atoms with Crippen molar-refractivity contribution >= 4 is 5.78 Å². The van der Waals surface area contributed by atoms with Gasteiger partial charge < -0.3 is 10.2 Å². The average molecular weight is 304 g/mol. The van der Waals surface area contributed by atoms with Crippen LogP contribution >= 0.6 is 0 Å². The highest BCUT2D eigenvalue weighted by molar-refractivity contribution is 5.91. The van der Waals surface area contributed by atoms with E-state index in [2.05, 4.69) is 6.92 Å². The van der Waals surface area contributed by atoms with Crippen molar-refractivity contribution in [2.45, 2.75) is 70.5 Å². The molecule has 0 amide bonds. The number of rotatable bonds is 1. The molecule has 3 heteroatoms. The van der Waals surface area contributed by atoms with E-state index in [1.54, 1.807) is 0 Å². The second-order valence-corrected chi connectivity index (χ2v) is 8.17. The number of carbonyl (C=O) groups excluding carboxylic acids is 1. The Labute approximate surface area is 132 Å². The molecule has 0 radical (unpaired) electrons. The number of allylic oxidation sites excluding steroid dienone is 1. The SMILES string of the molecule is CC[C@]12CC(O)C3C4CCC(=O)C=C4CCC3C1CCC2O. The summed E-state index contributed by atoms with van der Waals surface area (Å²) in [5.41, 5.74) is 1.26. The molecule has 122 valence electrons. The molecular formula is C19H28O3. The Morgan fingerprint density at radius 1 is 1.18 bits per heavy atom. The quantitative estimate of drug-likeness (QED) is 0.783. The summed E-state index contributed by atoms with van der Waals surface area (Å²) in [4.78, 5) is 11.7. The Morgan fingerprint density at radius 3 is 2.77 bits per heavy atom. The minimum atomic E-state index is -0.309. The van der Waals surface area contributed by atoms with E-state index in [0.29, 0.717) is 30.1 Å². The van der Waals surface area contributed by atoms with Gasteiger partial charge in [-0.3, -0.25) is 4.79 Å². The zero-order valence-corrected chi connectivity index (χ0v) is 13.5. The molecule has 0 heterocycles. The lowest BCUT2D eigenvalue weighted by atomic mass is 9.50. The minimum absolute atomic E-state index is 0.0493. The maximum atomic E-state index is 11.7. The number of hydrogen-bond acceptors (Lipinski definition) is 3. The van der Waals surface area contributed by atoms with E-state index in [4.69, 9.17) is 0 Å². The van der Waals surface area contributed by atoms with Gasteiger partial charge in [-0.25, -0.2) is 0 Å². The van der Waals surface area contributed by atoms with Gasteiger partial charge in [0.15, 0.2) is 5.78 Å². The summed E-state index contributed by atoms with van der Waals surface area (Å²) in [5.74, 6) is 2.12. The predicted molar refractivity (Wildman–Crippen MR) is 84.1 cm³/mol. The lowest BCUT2D eigenvalue weighted by Crippen LogP contribution is -2.54. The van der Waals surface area contributed by atoms with Crippen LogP contribution in [0.2, 0.25) is 0 Å². The number of ketones is 1. The van der Waals surface area contributed by atoms with Crippen LogP contribution in [0.1, 0.15) is 58.3 Å². The Hall–Kier alpha value is -0.670. The molecule has 0 aliphatic heterocycles. The molecule has 3 fully saturated rings. The number of aliphatic hydroxyl groups excluding tert-OH is 2. The summed E-state index contributed by atoms with van der Waals surface area (Å²) < 4.78 is 0. The van der Waals surface area contributed by atoms with Crippen LogP contribution in [0.25, 0.3) is 0 Å². The van der Waals surface area contributed by atoms with Gasteiger partial charge in [-0.15, -0.1) is 0 Å². The molecule has 6 unspecified atom stereocenters. The van der Waals surface area contributed by atoms with Crippen LogP contribution in [-0.2, 0) is 4.79 Å². The molecule has 0 aromatic heterocycles. The summed E-state index contributed by atoms with van der Waals surface area (Å²) in [6, 6.07) is 0. The maximum Gasteiger partial charge on any atom is 0.155 e. The van der Waals surface area contributed by atoms with E-state index in [-0.39, 0.29) is 23.4 Å². The van der Waals surface area contributed by atoms with Crippen LogP contribution in [0, 0.1) is 29.1 Å². The van der Waals surface area contributed by atoms with Crippen molar-refractivity contribution < 1.29 is 15.0 Å². The van der Waals surface area contributed by atoms with Crippen LogP contribution < -0.4 is 0 Å². The standard InChI is InChI=1S/C19H28O3/c1-2-19-10-16(21)18-13-6-4-12(20)9-11(13)3-5-14(18)15(19)7-8-17(19)22/h9,13-18,21-22H,2-8,10H2,1H3/t13?,14?,15?,16?,17?,18?,19-/m0/s1. The zero-order chi connectivity index (χ0) is 15.5. The van der Waals surface area contributed by atoms with Crippen LogP contribution in [0.5, 0.6) is 0 Å². The molecule has 0 aromatic carbocycles. The van der Waals surface area contributed by atoms with Gasteiger partial charge in [-0.2, -0.15) is 0 Å². The van der Waals surface area contributed by atoms with Crippen molar-refractivity contribution in [3.8, 4) is 0 Å². The molecule has 4 rings (SSSR count). The molecule has 7 atom stereocenters. The number of fused-ring (bicyclic) bond motifs is 5. The lowest BCUT2D eigenvalue weighted by molar-refractivity contribution is -0.131. The molecule has 22 heavy (non-hydrogen) atoms. The summed E-state index contributed by atoms with van der Waals surface area (Å²) in [6.07, 6.45) is 8.79. The first-order valence-corrected chi connectivity index (χ1v) is 9.16. The summed E-state index contributed by atoms with van der Waals surface area (Å²) >= 11 is 0. The van der Waals surface area contributed by atoms with Crippen molar-refractivity contribution in [2.24, 2.45) is 29.1 Å². The van der Waals surface area contributed by atoms with Crippen LogP contribution in [-0.4, -0.2) is 28.2 Å². The van der Waals surface area contributed by atoms with Crippen molar-refractivity contribution in [1.82, 2.24) is 0 Å². The molecule has 0 saturated heterocycles. The molecule has 0 aromatic rings. The van der Waals surface area contributed by atoms with Crippen molar-refractivity contribution in [3.05, 3.63) is 11.6 Å². The van der Waals surface area contributed by atoms with Crippen LogP contribution in [0.3, 0.4) is 0 Å². The summed E-state index contributed by atoms with van der Waals surface area (Å²) in [5, 5.41) is 21.5. The minimum Gasteiger partial charge on any atom is -0.393 e. The van der Waals surface area contributed by atoms with Crippen molar-refractivity contribution in [2.75, 3.05) is 0 Å². The van der Waals surface area contributed by atoms with E-state index in [0.717, 1.165) is 44.9 Å². The first kappa shape index (κ1) is 14.9. The van der Waals surface area contributed by atoms with Crippen molar-refractivity contribution in [3.63, 3.8) is 0 Å². The van der Waals surface area contributed by atoms with Gasteiger partial charge in [0.25, 0.3) is 0 Å².